The second-order valence-corrected chi connectivity index (χ2v) is 5.52. The average Bonchev–Trinajstić information content (AvgIpc) is 2.26. The molecule has 0 heterocycles. The summed E-state index contributed by atoms with van der Waals surface area (Å²) in [6.07, 6.45) is -2.50. The lowest BCUT2D eigenvalue weighted by molar-refractivity contribution is 0.0964. The predicted molar refractivity (Wildman–Crippen MR) is 66.1 cm³/mol. The molecule has 0 saturated carbocycles. The Morgan fingerprint density at radius 1 is 1.35 bits per heavy atom. The molecule has 1 aromatic carbocycles. The third kappa shape index (κ3) is 5.46. The maximum Gasteiger partial charge on any atom is 0.409 e. The number of aliphatic hydroxyl groups is 1. The van der Waals surface area contributed by atoms with Crippen molar-refractivity contribution in [3.63, 3.8) is 0 Å². The van der Waals surface area contributed by atoms with Crippen molar-refractivity contribution in [2.24, 2.45) is 0 Å². The van der Waals surface area contributed by atoms with Crippen LogP contribution in [0, 0.1) is 0 Å². The smallest absolute Gasteiger partial charge is 0.409 e. The summed E-state index contributed by atoms with van der Waals surface area (Å²) in [6, 6.07) is 9.05. The van der Waals surface area contributed by atoms with E-state index in [1.165, 1.54) is 0 Å². The number of carbonyl (C=O) groups excluding carboxylic acids is 1. The van der Waals surface area contributed by atoms with Crippen molar-refractivity contribution >= 4 is 40.9 Å². The molecule has 4 nitrogen and oxygen atoms in total. The van der Waals surface area contributed by atoms with Crippen LogP contribution in [0.2, 0.25) is 0 Å². The summed E-state index contributed by atoms with van der Waals surface area (Å²) in [4.78, 5) is 11.2. The van der Waals surface area contributed by atoms with Crippen molar-refractivity contribution in [1.82, 2.24) is 5.32 Å². The zero-order chi connectivity index (χ0) is 12.9. The molecule has 1 unspecified atom stereocenters. The van der Waals surface area contributed by atoms with Gasteiger partial charge in [-0.05, 0) is 5.56 Å². The van der Waals surface area contributed by atoms with Gasteiger partial charge in [0.15, 0.2) is 6.23 Å². The molecule has 0 aliphatic heterocycles. The maximum absolute atomic E-state index is 11.2. The van der Waals surface area contributed by atoms with Crippen LogP contribution in [0.4, 0.5) is 4.79 Å². The predicted octanol–water partition coefficient (Wildman–Crippen LogP) is 2.60. The van der Waals surface area contributed by atoms with Crippen molar-refractivity contribution in [2.45, 2.75) is 16.6 Å². The van der Waals surface area contributed by atoms with E-state index in [0.29, 0.717) is 0 Å². The van der Waals surface area contributed by atoms with Crippen LogP contribution < -0.4 is 5.32 Å². The second kappa shape index (κ2) is 6.31. The van der Waals surface area contributed by atoms with Crippen LogP contribution in [-0.4, -0.2) is 21.2 Å². The fraction of sp³-hybridized carbons (Fsp3) is 0.300. The molecule has 0 spiro atoms. The lowest BCUT2D eigenvalue weighted by atomic mass is 10.2. The third-order valence-electron chi connectivity index (χ3n) is 1.78. The molecule has 0 aromatic heterocycles. The van der Waals surface area contributed by atoms with Gasteiger partial charge >= 0.3 is 6.09 Å². The Kier molecular flexibility index (Phi) is 5.33. The molecule has 2 N–H and O–H groups in total. The molecule has 0 fully saturated rings. The second-order valence-electron chi connectivity index (χ2n) is 3.15. The van der Waals surface area contributed by atoms with Crippen molar-refractivity contribution in [3.05, 3.63) is 35.9 Å². The number of ether oxygens (including phenoxy) is 1. The Labute approximate surface area is 113 Å². The van der Waals surface area contributed by atoms with Crippen LogP contribution in [0.1, 0.15) is 5.56 Å². The summed E-state index contributed by atoms with van der Waals surface area (Å²) >= 11 is 16.1. The number of hydrogen-bond donors (Lipinski definition) is 2. The highest BCUT2D eigenvalue weighted by atomic mass is 35.6. The summed E-state index contributed by atoms with van der Waals surface area (Å²) < 4.78 is 2.81. The van der Waals surface area contributed by atoms with E-state index in [0.717, 1.165) is 5.56 Å². The zero-order valence-electron chi connectivity index (χ0n) is 8.57. The normalized spacial score (nSPS) is 12.9. The molecule has 17 heavy (non-hydrogen) atoms. The number of aliphatic hydroxyl groups excluding tert-OH is 1. The number of alkyl carbamates (subject to hydrolysis) is 1. The first-order chi connectivity index (χ1) is 7.89. The molecular formula is C10H10Cl3NO3. The molecule has 0 saturated heterocycles. The van der Waals surface area contributed by atoms with Gasteiger partial charge in [-0.25, -0.2) is 4.79 Å². The number of benzene rings is 1. The van der Waals surface area contributed by atoms with Crippen molar-refractivity contribution < 1.29 is 14.6 Å². The summed E-state index contributed by atoms with van der Waals surface area (Å²) in [6.45, 7) is 0.0687. The topological polar surface area (TPSA) is 58.6 Å². The highest BCUT2D eigenvalue weighted by molar-refractivity contribution is 6.68. The molecule has 0 bridgehead atoms. The lowest BCUT2D eigenvalue weighted by Crippen LogP contribution is -2.43. The summed E-state index contributed by atoms with van der Waals surface area (Å²) in [5.41, 5.74) is 0.811. The van der Waals surface area contributed by atoms with Crippen LogP contribution >= 0.6 is 34.8 Å². The number of rotatable bonds is 3. The standard InChI is InChI=1S/C10H10Cl3NO3/c11-10(12,13)8(15)14-9(16)17-6-7-4-2-1-3-5-7/h1-5,8,15H,6H2,(H,14,16). The number of halogens is 3. The van der Waals surface area contributed by atoms with Gasteiger partial charge in [-0.2, -0.15) is 0 Å². The van der Waals surface area contributed by atoms with Gasteiger partial charge in [0.05, 0.1) is 0 Å². The number of nitrogens with one attached hydrogen (secondary N) is 1. The summed E-state index contributed by atoms with van der Waals surface area (Å²) in [7, 11) is 0. The minimum absolute atomic E-state index is 0.0687. The molecule has 0 radical (unpaired) electrons. The van der Waals surface area contributed by atoms with E-state index in [4.69, 9.17) is 39.5 Å². The van der Waals surface area contributed by atoms with Gasteiger partial charge in [-0.15, -0.1) is 0 Å². The molecule has 7 heteroatoms. The Morgan fingerprint density at radius 2 is 1.94 bits per heavy atom. The molecule has 94 valence electrons. The van der Waals surface area contributed by atoms with Crippen LogP contribution in [0.25, 0.3) is 0 Å². The highest BCUT2D eigenvalue weighted by Crippen LogP contribution is 2.28. The third-order valence-corrected chi connectivity index (χ3v) is 2.40. The summed E-state index contributed by atoms with van der Waals surface area (Å²) in [5.74, 6) is 0. The average molecular weight is 299 g/mol. The molecule has 1 atom stereocenters. The minimum Gasteiger partial charge on any atom is -0.445 e. The maximum atomic E-state index is 11.2. The van der Waals surface area contributed by atoms with E-state index in [9.17, 15) is 9.90 Å². The zero-order valence-corrected chi connectivity index (χ0v) is 10.8. The first kappa shape index (κ1) is 14.4. The number of carbonyl (C=O) groups is 1. The largest absolute Gasteiger partial charge is 0.445 e. The van der Waals surface area contributed by atoms with E-state index >= 15 is 0 Å². The lowest BCUT2D eigenvalue weighted by Gasteiger charge is -2.19. The van der Waals surface area contributed by atoms with E-state index in [-0.39, 0.29) is 6.61 Å². The number of amides is 1. The van der Waals surface area contributed by atoms with Crippen molar-refractivity contribution in [1.29, 1.82) is 0 Å². The van der Waals surface area contributed by atoms with Gasteiger partial charge in [0.25, 0.3) is 0 Å². The molecule has 1 aromatic rings. The SMILES string of the molecule is O=C(NC(O)C(Cl)(Cl)Cl)OCc1ccccc1. The van der Waals surface area contributed by atoms with Crippen LogP contribution in [-0.2, 0) is 11.3 Å². The first-order valence-corrected chi connectivity index (χ1v) is 5.75. The number of hydrogen-bond acceptors (Lipinski definition) is 3. The molecule has 1 amide bonds. The van der Waals surface area contributed by atoms with Gasteiger partial charge in [-0.3, -0.25) is 5.32 Å². The van der Waals surface area contributed by atoms with Crippen LogP contribution in [0.5, 0.6) is 0 Å². The number of alkyl halides is 3. The van der Waals surface area contributed by atoms with E-state index < -0.39 is 16.1 Å². The fourth-order valence-corrected chi connectivity index (χ4v) is 1.12. The van der Waals surface area contributed by atoms with Gasteiger partial charge in [-0.1, -0.05) is 65.1 Å². The Balaban J connectivity index is 2.36. The van der Waals surface area contributed by atoms with E-state index in [1.807, 2.05) is 23.5 Å². The molecule has 0 aliphatic carbocycles. The van der Waals surface area contributed by atoms with Gasteiger partial charge in [0.2, 0.25) is 3.79 Å². The highest BCUT2D eigenvalue weighted by Gasteiger charge is 2.32. The molecule has 0 aliphatic rings. The molecular weight excluding hydrogens is 288 g/mol. The Hall–Kier alpha value is -0.680. The van der Waals surface area contributed by atoms with Gasteiger partial charge in [0.1, 0.15) is 6.61 Å². The van der Waals surface area contributed by atoms with Gasteiger partial charge in [0, 0.05) is 0 Å². The quantitative estimate of drug-likeness (QED) is 0.666. The van der Waals surface area contributed by atoms with Gasteiger partial charge < -0.3 is 9.84 Å². The van der Waals surface area contributed by atoms with Crippen molar-refractivity contribution in [2.75, 3.05) is 0 Å². The van der Waals surface area contributed by atoms with E-state index in [2.05, 4.69) is 0 Å². The summed E-state index contributed by atoms with van der Waals surface area (Å²) in [5, 5.41) is 11.2. The first-order valence-electron chi connectivity index (χ1n) is 4.61. The Bertz CT molecular complexity index is 367. The minimum atomic E-state index is -1.99. The van der Waals surface area contributed by atoms with E-state index in [1.54, 1.807) is 12.1 Å². The fourth-order valence-electron chi connectivity index (χ4n) is 0.958. The van der Waals surface area contributed by atoms with Crippen LogP contribution in [0.3, 0.4) is 0 Å². The monoisotopic (exact) mass is 297 g/mol. The van der Waals surface area contributed by atoms with Crippen LogP contribution in [0.15, 0.2) is 30.3 Å². The Morgan fingerprint density at radius 3 is 2.47 bits per heavy atom. The van der Waals surface area contributed by atoms with Crippen molar-refractivity contribution in [3.8, 4) is 0 Å². The molecule has 1 rings (SSSR count).